The van der Waals surface area contributed by atoms with Gasteiger partial charge in [0, 0.05) is 28.8 Å². The average molecular weight is 490 g/mol. The van der Waals surface area contributed by atoms with Crippen LogP contribution in [0, 0.1) is 0 Å². The molecule has 1 atom stereocenters. The van der Waals surface area contributed by atoms with E-state index < -0.39 is 6.23 Å². The number of thioether (sulfide) groups is 1. The number of amides is 1. The summed E-state index contributed by atoms with van der Waals surface area (Å²) in [7, 11) is 0. The number of halogens is 1. The first-order valence-corrected chi connectivity index (χ1v) is 12.0. The lowest BCUT2D eigenvalue weighted by atomic mass is 10.2. The molecule has 0 bridgehead atoms. The first kappa shape index (κ1) is 22.2. The fraction of sp³-hybridized carbons (Fsp3) is 0.120. The van der Waals surface area contributed by atoms with E-state index in [9.17, 15) is 4.79 Å². The van der Waals surface area contributed by atoms with Gasteiger partial charge in [0.05, 0.1) is 5.75 Å². The number of para-hydroxylation sites is 1. The number of rotatable bonds is 6. The van der Waals surface area contributed by atoms with Crippen molar-refractivity contribution in [3.63, 3.8) is 0 Å². The zero-order valence-electron chi connectivity index (χ0n) is 18.2. The van der Waals surface area contributed by atoms with Crippen LogP contribution in [0.3, 0.4) is 0 Å². The molecule has 9 heteroatoms. The minimum Gasteiger partial charge on any atom is -0.449 e. The molecule has 0 N–H and O–H groups in total. The molecule has 5 rings (SSSR count). The van der Waals surface area contributed by atoms with E-state index in [2.05, 4.69) is 15.3 Å². The molecule has 0 saturated heterocycles. The third-order valence-corrected chi connectivity index (χ3v) is 6.45. The molecule has 3 aromatic carbocycles. The summed E-state index contributed by atoms with van der Waals surface area (Å²) in [6.45, 7) is 1.45. The lowest BCUT2D eigenvalue weighted by Gasteiger charge is -2.20. The standard InChI is InChI=1S/C25H20ClN5O2S/c1-17(32)31-24(20-14-8-9-15-21(20)26)33-22(29-31)16-34-25-28-27-23(18-10-4-2-5-11-18)30(25)19-12-6-3-7-13-19/h2-15,24H,16H2,1H3/t24-/m1/s1. The summed E-state index contributed by atoms with van der Waals surface area (Å²) >= 11 is 7.78. The SMILES string of the molecule is CC(=O)N1N=C(CSc2nnc(-c3ccccc3)n2-c2ccccc2)O[C@@H]1c1ccccc1Cl. The molecule has 1 aromatic heterocycles. The van der Waals surface area contributed by atoms with Crippen LogP contribution in [0.1, 0.15) is 18.7 Å². The highest BCUT2D eigenvalue weighted by Gasteiger charge is 2.34. The van der Waals surface area contributed by atoms with E-state index in [-0.39, 0.29) is 5.91 Å². The van der Waals surface area contributed by atoms with E-state index in [0.29, 0.717) is 27.4 Å². The second-order valence-corrected chi connectivity index (χ2v) is 8.83. The smallest absolute Gasteiger partial charge is 0.243 e. The molecule has 0 fully saturated rings. The van der Waals surface area contributed by atoms with E-state index in [1.807, 2.05) is 83.4 Å². The summed E-state index contributed by atoms with van der Waals surface area (Å²) in [6.07, 6.45) is -0.700. The highest BCUT2D eigenvalue weighted by atomic mass is 35.5. The zero-order chi connectivity index (χ0) is 23.5. The number of nitrogens with zero attached hydrogens (tertiary/aromatic N) is 5. The Labute approximate surface area is 206 Å². The van der Waals surface area contributed by atoms with Crippen LogP contribution >= 0.6 is 23.4 Å². The Kier molecular flexibility index (Phi) is 6.33. The average Bonchev–Trinajstić information content (AvgIpc) is 3.49. The van der Waals surface area contributed by atoms with Gasteiger partial charge in [0.15, 0.2) is 11.0 Å². The molecule has 1 aliphatic heterocycles. The Morgan fingerprint density at radius 2 is 1.65 bits per heavy atom. The maximum absolute atomic E-state index is 12.2. The van der Waals surface area contributed by atoms with Crippen molar-refractivity contribution in [3.05, 3.63) is 95.5 Å². The van der Waals surface area contributed by atoms with Gasteiger partial charge in [-0.25, -0.2) is 0 Å². The molecule has 0 spiro atoms. The Balaban J connectivity index is 1.42. The zero-order valence-corrected chi connectivity index (χ0v) is 19.8. The summed E-state index contributed by atoms with van der Waals surface area (Å²) < 4.78 is 8.06. The molecule has 7 nitrogen and oxygen atoms in total. The molecule has 0 radical (unpaired) electrons. The van der Waals surface area contributed by atoms with Crippen molar-refractivity contribution in [1.82, 2.24) is 19.8 Å². The van der Waals surface area contributed by atoms with E-state index in [1.54, 1.807) is 6.07 Å². The second-order valence-electron chi connectivity index (χ2n) is 7.48. The van der Waals surface area contributed by atoms with E-state index in [4.69, 9.17) is 16.3 Å². The van der Waals surface area contributed by atoms with Crippen molar-refractivity contribution < 1.29 is 9.53 Å². The van der Waals surface area contributed by atoms with Crippen LogP contribution < -0.4 is 0 Å². The van der Waals surface area contributed by atoms with Gasteiger partial charge in [0.1, 0.15) is 0 Å². The molecule has 1 aliphatic rings. The van der Waals surface area contributed by atoms with Gasteiger partial charge in [-0.1, -0.05) is 90.1 Å². The van der Waals surface area contributed by atoms with Crippen molar-refractivity contribution in [2.24, 2.45) is 5.10 Å². The minimum atomic E-state index is -0.700. The van der Waals surface area contributed by atoms with Crippen LogP contribution in [-0.4, -0.2) is 37.3 Å². The number of ether oxygens (including phenoxy) is 1. The molecule has 0 saturated carbocycles. The van der Waals surface area contributed by atoms with Gasteiger partial charge in [0.2, 0.25) is 18.0 Å². The predicted molar refractivity (Wildman–Crippen MR) is 133 cm³/mol. The van der Waals surface area contributed by atoms with Crippen molar-refractivity contribution in [2.75, 3.05) is 5.75 Å². The molecular formula is C25H20ClN5O2S. The summed E-state index contributed by atoms with van der Waals surface area (Å²) in [5.41, 5.74) is 2.59. The minimum absolute atomic E-state index is 0.233. The number of hydrogen-bond acceptors (Lipinski definition) is 6. The monoisotopic (exact) mass is 489 g/mol. The van der Waals surface area contributed by atoms with Gasteiger partial charge >= 0.3 is 0 Å². The van der Waals surface area contributed by atoms with Crippen LogP contribution in [0.15, 0.2) is 95.2 Å². The number of hydrazone groups is 1. The molecule has 34 heavy (non-hydrogen) atoms. The first-order valence-electron chi connectivity index (χ1n) is 10.6. The topological polar surface area (TPSA) is 72.6 Å². The number of hydrogen-bond donors (Lipinski definition) is 0. The van der Waals surface area contributed by atoms with Crippen molar-refractivity contribution >= 4 is 35.2 Å². The van der Waals surface area contributed by atoms with Crippen LogP contribution in [0.4, 0.5) is 0 Å². The number of benzene rings is 3. The Morgan fingerprint density at radius 1 is 0.971 bits per heavy atom. The van der Waals surface area contributed by atoms with E-state index in [0.717, 1.165) is 17.1 Å². The fourth-order valence-corrected chi connectivity index (χ4v) is 4.64. The quantitative estimate of drug-likeness (QED) is 0.331. The van der Waals surface area contributed by atoms with Gasteiger partial charge in [0.25, 0.3) is 0 Å². The maximum Gasteiger partial charge on any atom is 0.243 e. The van der Waals surface area contributed by atoms with Crippen LogP contribution in [0.25, 0.3) is 17.1 Å². The molecule has 4 aromatic rings. The van der Waals surface area contributed by atoms with Crippen LogP contribution in [0.2, 0.25) is 5.02 Å². The molecular weight excluding hydrogens is 470 g/mol. The largest absolute Gasteiger partial charge is 0.449 e. The fourth-order valence-electron chi connectivity index (χ4n) is 3.62. The number of carbonyl (C=O) groups excluding carboxylic acids is 1. The number of aromatic nitrogens is 3. The van der Waals surface area contributed by atoms with Gasteiger partial charge in [-0.3, -0.25) is 9.36 Å². The van der Waals surface area contributed by atoms with Crippen molar-refractivity contribution in [3.8, 4) is 17.1 Å². The highest BCUT2D eigenvalue weighted by Crippen LogP contribution is 2.34. The maximum atomic E-state index is 12.2. The van der Waals surface area contributed by atoms with E-state index >= 15 is 0 Å². The summed E-state index contributed by atoms with van der Waals surface area (Å²) in [5, 5.41) is 15.8. The Hall–Kier alpha value is -3.62. The third-order valence-electron chi connectivity index (χ3n) is 5.19. The molecule has 170 valence electrons. The Morgan fingerprint density at radius 3 is 2.35 bits per heavy atom. The summed E-state index contributed by atoms with van der Waals surface area (Å²) in [6, 6.07) is 27.1. The van der Waals surface area contributed by atoms with E-state index in [1.165, 1.54) is 23.7 Å². The molecule has 1 amide bonds. The highest BCUT2D eigenvalue weighted by molar-refractivity contribution is 7.99. The lowest BCUT2D eigenvalue weighted by Crippen LogP contribution is -2.25. The van der Waals surface area contributed by atoms with Crippen LogP contribution in [0.5, 0.6) is 0 Å². The molecule has 0 unspecified atom stereocenters. The normalized spacial score (nSPS) is 15.2. The molecule has 0 aliphatic carbocycles. The van der Waals surface area contributed by atoms with Crippen molar-refractivity contribution in [2.45, 2.75) is 18.3 Å². The van der Waals surface area contributed by atoms with Gasteiger partial charge < -0.3 is 4.74 Å². The first-order chi connectivity index (χ1) is 16.6. The van der Waals surface area contributed by atoms with Gasteiger partial charge in [-0.2, -0.15) is 5.01 Å². The molecule has 2 heterocycles. The van der Waals surface area contributed by atoms with Gasteiger partial charge in [-0.15, -0.1) is 15.3 Å². The summed E-state index contributed by atoms with van der Waals surface area (Å²) in [5.74, 6) is 1.28. The second kappa shape index (κ2) is 9.70. The van der Waals surface area contributed by atoms with Crippen molar-refractivity contribution in [1.29, 1.82) is 0 Å². The van der Waals surface area contributed by atoms with Crippen LogP contribution in [-0.2, 0) is 9.53 Å². The lowest BCUT2D eigenvalue weighted by molar-refractivity contribution is -0.135. The third kappa shape index (κ3) is 4.42. The predicted octanol–water partition coefficient (Wildman–Crippen LogP) is 5.57. The Bertz CT molecular complexity index is 1340. The van der Waals surface area contributed by atoms with Gasteiger partial charge in [-0.05, 0) is 18.2 Å². The summed E-state index contributed by atoms with van der Waals surface area (Å²) in [4.78, 5) is 12.2. The number of carbonyl (C=O) groups is 1.